The summed E-state index contributed by atoms with van der Waals surface area (Å²) in [6, 6.07) is 1.99. The molecule has 1 aromatic heterocycles. The molecule has 5 heteroatoms. The van der Waals surface area contributed by atoms with Gasteiger partial charge in [-0.2, -0.15) is 5.10 Å². The van der Waals surface area contributed by atoms with Gasteiger partial charge in [0.1, 0.15) is 0 Å². The second kappa shape index (κ2) is 5.52. The number of amides is 1. The Bertz CT molecular complexity index is 418. The van der Waals surface area contributed by atoms with Crippen molar-refractivity contribution in [2.45, 2.75) is 46.3 Å². The van der Waals surface area contributed by atoms with Gasteiger partial charge in [-0.05, 0) is 33.8 Å². The first kappa shape index (κ1) is 14.7. The van der Waals surface area contributed by atoms with Crippen molar-refractivity contribution in [3.05, 3.63) is 17.5 Å². The van der Waals surface area contributed by atoms with Crippen molar-refractivity contribution in [2.75, 3.05) is 13.6 Å². The van der Waals surface area contributed by atoms with Crippen molar-refractivity contribution in [1.82, 2.24) is 14.7 Å². The van der Waals surface area contributed by atoms with E-state index in [0.717, 1.165) is 11.4 Å². The number of carbonyl (C=O) groups is 1. The van der Waals surface area contributed by atoms with Crippen molar-refractivity contribution < 1.29 is 9.90 Å². The van der Waals surface area contributed by atoms with Gasteiger partial charge in [0.05, 0.1) is 11.3 Å². The van der Waals surface area contributed by atoms with Gasteiger partial charge >= 0.3 is 0 Å². The van der Waals surface area contributed by atoms with Crippen molar-refractivity contribution in [1.29, 1.82) is 0 Å². The number of likely N-dealkylation sites (N-methyl/N-ethyl adjacent to an activating group) is 1. The Balaban J connectivity index is 2.48. The molecular weight excluding hydrogens is 230 g/mol. The maximum atomic E-state index is 11.9. The summed E-state index contributed by atoms with van der Waals surface area (Å²) in [4.78, 5) is 13.4. The maximum Gasteiger partial charge on any atom is 0.224 e. The number of aryl methyl sites for hydroxylation is 3. The maximum absolute atomic E-state index is 11.9. The van der Waals surface area contributed by atoms with E-state index in [-0.39, 0.29) is 5.91 Å². The molecule has 1 aromatic rings. The van der Waals surface area contributed by atoms with Crippen LogP contribution < -0.4 is 0 Å². The summed E-state index contributed by atoms with van der Waals surface area (Å²) < 4.78 is 1.84. The minimum Gasteiger partial charge on any atom is -0.389 e. The minimum atomic E-state index is -0.859. The fourth-order valence-corrected chi connectivity index (χ4v) is 1.96. The third kappa shape index (κ3) is 4.49. The van der Waals surface area contributed by atoms with Crippen molar-refractivity contribution in [3.63, 3.8) is 0 Å². The third-order valence-corrected chi connectivity index (χ3v) is 2.69. The summed E-state index contributed by atoms with van der Waals surface area (Å²) in [5.41, 5.74) is 1.16. The number of hydrogen-bond acceptors (Lipinski definition) is 3. The number of nitrogens with zero attached hydrogens (tertiary/aromatic N) is 3. The van der Waals surface area contributed by atoms with Crippen LogP contribution in [0.15, 0.2) is 6.07 Å². The molecule has 18 heavy (non-hydrogen) atoms. The lowest BCUT2D eigenvalue weighted by molar-refractivity contribution is -0.132. The third-order valence-electron chi connectivity index (χ3n) is 2.69. The lowest BCUT2D eigenvalue weighted by Crippen LogP contribution is -2.40. The van der Waals surface area contributed by atoms with Crippen LogP contribution in [0.5, 0.6) is 0 Å². The Morgan fingerprint density at radius 3 is 2.56 bits per heavy atom. The summed E-state index contributed by atoms with van der Waals surface area (Å²) >= 11 is 0. The normalized spacial score (nSPS) is 11.7. The summed E-state index contributed by atoms with van der Waals surface area (Å²) in [6.07, 6.45) is 0.397. The Labute approximate surface area is 108 Å². The van der Waals surface area contributed by atoms with Gasteiger partial charge in [-0.15, -0.1) is 0 Å². The van der Waals surface area contributed by atoms with Crippen LogP contribution in [0.25, 0.3) is 0 Å². The Morgan fingerprint density at radius 2 is 2.11 bits per heavy atom. The lowest BCUT2D eigenvalue weighted by atomic mass is 10.1. The first-order chi connectivity index (χ1) is 8.19. The highest BCUT2D eigenvalue weighted by molar-refractivity contribution is 5.75. The predicted molar refractivity (Wildman–Crippen MR) is 70.3 cm³/mol. The predicted octanol–water partition coefficient (Wildman–Crippen LogP) is 1.12. The van der Waals surface area contributed by atoms with Gasteiger partial charge in [-0.3, -0.25) is 9.48 Å². The van der Waals surface area contributed by atoms with Gasteiger partial charge in [0, 0.05) is 32.3 Å². The minimum absolute atomic E-state index is 0.0182. The second-order valence-electron chi connectivity index (χ2n) is 5.46. The summed E-state index contributed by atoms with van der Waals surface area (Å²) in [5.74, 6) is 0.0182. The van der Waals surface area contributed by atoms with E-state index in [1.54, 1.807) is 25.8 Å². The van der Waals surface area contributed by atoms with Crippen LogP contribution in [0.3, 0.4) is 0 Å². The SMILES string of the molecule is Cc1cc(C)n(CCC(=O)N(C)CC(C)(C)O)n1. The molecular formula is C13H23N3O2. The first-order valence-corrected chi connectivity index (χ1v) is 6.16. The lowest BCUT2D eigenvalue weighted by Gasteiger charge is -2.25. The van der Waals surface area contributed by atoms with E-state index in [1.807, 2.05) is 24.6 Å². The zero-order valence-electron chi connectivity index (χ0n) is 11.9. The van der Waals surface area contributed by atoms with Gasteiger partial charge < -0.3 is 10.0 Å². The van der Waals surface area contributed by atoms with Crippen LogP contribution in [-0.2, 0) is 11.3 Å². The van der Waals surface area contributed by atoms with E-state index in [1.165, 1.54) is 0 Å². The van der Waals surface area contributed by atoms with Crippen LogP contribution in [0.2, 0.25) is 0 Å². The van der Waals surface area contributed by atoms with E-state index < -0.39 is 5.60 Å². The van der Waals surface area contributed by atoms with Crippen molar-refractivity contribution >= 4 is 5.91 Å². The van der Waals surface area contributed by atoms with E-state index in [4.69, 9.17) is 0 Å². The molecule has 0 atom stereocenters. The first-order valence-electron chi connectivity index (χ1n) is 6.16. The molecule has 1 N–H and O–H groups in total. The van der Waals surface area contributed by atoms with E-state index >= 15 is 0 Å². The van der Waals surface area contributed by atoms with Gasteiger partial charge in [-0.1, -0.05) is 0 Å². The number of aliphatic hydroxyl groups is 1. The molecule has 0 aromatic carbocycles. The topological polar surface area (TPSA) is 58.4 Å². The number of rotatable bonds is 5. The highest BCUT2D eigenvalue weighted by atomic mass is 16.3. The molecule has 0 fully saturated rings. The molecule has 5 nitrogen and oxygen atoms in total. The molecule has 0 bridgehead atoms. The van der Waals surface area contributed by atoms with Gasteiger partial charge in [0.2, 0.25) is 5.91 Å². The van der Waals surface area contributed by atoms with E-state index in [9.17, 15) is 9.90 Å². The van der Waals surface area contributed by atoms with Crippen molar-refractivity contribution in [2.24, 2.45) is 0 Å². The Morgan fingerprint density at radius 1 is 1.50 bits per heavy atom. The Hall–Kier alpha value is -1.36. The largest absolute Gasteiger partial charge is 0.389 e. The number of carbonyl (C=O) groups excluding carboxylic acids is 1. The quantitative estimate of drug-likeness (QED) is 0.855. The molecule has 0 aliphatic heterocycles. The molecule has 0 aliphatic rings. The average molecular weight is 253 g/mol. The average Bonchev–Trinajstić information content (AvgIpc) is 2.51. The van der Waals surface area contributed by atoms with E-state index in [2.05, 4.69) is 5.10 Å². The molecule has 0 aliphatic carbocycles. The standard InChI is InChI=1S/C13H23N3O2/c1-10-8-11(2)16(14-10)7-6-12(17)15(5)9-13(3,4)18/h8,18H,6-7,9H2,1-5H3. The van der Waals surface area contributed by atoms with E-state index in [0.29, 0.717) is 19.5 Å². The Kier molecular flexibility index (Phi) is 4.51. The molecule has 1 rings (SSSR count). The highest BCUT2D eigenvalue weighted by Crippen LogP contribution is 2.07. The molecule has 0 spiro atoms. The molecule has 0 unspecified atom stereocenters. The zero-order chi connectivity index (χ0) is 13.9. The zero-order valence-corrected chi connectivity index (χ0v) is 11.9. The fourth-order valence-electron chi connectivity index (χ4n) is 1.96. The van der Waals surface area contributed by atoms with Crippen LogP contribution in [0.1, 0.15) is 31.7 Å². The molecule has 0 saturated carbocycles. The monoisotopic (exact) mass is 253 g/mol. The highest BCUT2D eigenvalue weighted by Gasteiger charge is 2.19. The fraction of sp³-hybridized carbons (Fsp3) is 0.692. The molecule has 1 heterocycles. The van der Waals surface area contributed by atoms with Gasteiger partial charge in [0.25, 0.3) is 0 Å². The molecule has 0 radical (unpaired) electrons. The summed E-state index contributed by atoms with van der Waals surface area (Å²) in [7, 11) is 1.71. The molecule has 1 amide bonds. The number of hydrogen-bond donors (Lipinski definition) is 1. The molecule has 102 valence electrons. The van der Waals surface area contributed by atoms with Crippen molar-refractivity contribution in [3.8, 4) is 0 Å². The van der Waals surface area contributed by atoms with Gasteiger partial charge in [-0.25, -0.2) is 0 Å². The van der Waals surface area contributed by atoms with Crippen LogP contribution in [0, 0.1) is 13.8 Å². The smallest absolute Gasteiger partial charge is 0.224 e. The van der Waals surface area contributed by atoms with Gasteiger partial charge in [0.15, 0.2) is 0 Å². The van der Waals surface area contributed by atoms with Crippen LogP contribution >= 0.6 is 0 Å². The summed E-state index contributed by atoms with van der Waals surface area (Å²) in [5, 5.41) is 14.0. The number of aromatic nitrogens is 2. The molecule has 0 saturated heterocycles. The van der Waals surface area contributed by atoms with Crippen LogP contribution in [0.4, 0.5) is 0 Å². The summed E-state index contributed by atoms with van der Waals surface area (Å²) in [6.45, 7) is 8.21. The second-order valence-corrected chi connectivity index (χ2v) is 5.46. The van der Waals surface area contributed by atoms with Crippen LogP contribution in [-0.4, -0.2) is 44.9 Å².